The maximum atomic E-state index is 6.12. The molecule has 1 atom stereocenters. The molecule has 0 amide bonds. The lowest BCUT2D eigenvalue weighted by Crippen LogP contribution is -2.05. The van der Waals surface area contributed by atoms with E-state index < -0.39 is 0 Å². The molecule has 108 valence electrons. The third kappa shape index (κ3) is 3.25. The van der Waals surface area contributed by atoms with Gasteiger partial charge in [-0.1, -0.05) is 32.7 Å². The maximum Gasteiger partial charge on any atom is 0.287 e. The Morgan fingerprint density at radius 2 is 2.29 bits per heavy atom. The molecule has 0 radical (unpaired) electrons. The quantitative estimate of drug-likeness (QED) is 0.647. The number of thiazole rings is 1. The minimum absolute atomic E-state index is 0.386. The summed E-state index contributed by atoms with van der Waals surface area (Å²) in [5.74, 6) is 1.39. The number of benzene rings is 1. The molecule has 0 aliphatic carbocycles. The lowest BCUT2D eigenvalue weighted by molar-refractivity contribution is 0.211. The van der Waals surface area contributed by atoms with Gasteiger partial charge >= 0.3 is 0 Å². The molecule has 5 nitrogen and oxygen atoms in total. The Balaban J connectivity index is 1.78. The summed E-state index contributed by atoms with van der Waals surface area (Å²) in [5, 5.41) is 6.96. The molecular formula is C13H9BrClN3O2S. The molecule has 0 aliphatic heterocycles. The van der Waals surface area contributed by atoms with Crippen LogP contribution in [0.4, 0.5) is 0 Å². The van der Waals surface area contributed by atoms with Gasteiger partial charge in [-0.05, 0) is 25.1 Å². The van der Waals surface area contributed by atoms with Gasteiger partial charge in [-0.25, -0.2) is 4.98 Å². The number of rotatable bonds is 4. The average Bonchev–Trinajstić information content (AvgIpc) is 3.10. The van der Waals surface area contributed by atoms with Gasteiger partial charge in [0.25, 0.3) is 5.89 Å². The summed E-state index contributed by atoms with van der Waals surface area (Å²) in [6, 6.07) is 5.40. The van der Waals surface area contributed by atoms with Gasteiger partial charge in [-0.15, -0.1) is 11.3 Å². The van der Waals surface area contributed by atoms with Gasteiger partial charge in [0.05, 0.1) is 5.02 Å². The molecule has 0 fully saturated rings. The molecule has 2 aromatic heterocycles. The van der Waals surface area contributed by atoms with Crippen LogP contribution in [0.15, 0.2) is 38.8 Å². The molecule has 0 saturated heterocycles. The Morgan fingerprint density at radius 3 is 3.00 bits per heavy atom. The summed E-state index contributed by atoms with van der Waals surface area (Å²) >= 11 is 10.9. The monoisotopic (exact) mass is 385 g/mol. The van der Waals surface area contributed by atoms with Crippen molar-refractivity contribution >= 4 is 38.9 Å². The van der Waals surface area contributed by atoms with E-state index in [4.69, 9.17) is 20.9 Å². The van der Waals surface area contributed by atoms with Crippen LogP contribution in [0.25, 0.3) is 10.9 Å². The zero-order valence-electron chi connectivity index (χ0n) is 10.8. The highest BCUT2D eigenvalue weighted by Crippen LogP contribution is 2.31. The topological polar surface area (TPSA) is 61.0 Å². The summed E-state index contributed by atoms with van der Waals surface area (Å²) in [5.41, 5.74) is 0. The first-order valence-corrected chi connectivity index (χ1v) is 8.03. The van der Waals surface area contributed by atoms with Gasteiger partial charge < -0.3 is 9.26 Å². The van der Waals surface area contributed by atoms with Crippen LogP contribution in [-0.2, 0) is 0 Å². The molecule has 0 N–H and O–H groups in total. The Morgan fingerprint density at radius 1 is 1.43 bits per heavy atom. The number of ether oxygens (including phenoxy) is 1. The lowest BCUT2D eigenvalue weighted by Gasteiger charge is -2.12. The first-order chi connectivity index (χ1) is 10.1. The van der Waals surface area contributed by atoms with Gasteiger partial charge in [0.15, 0.2) is 11.1 Å². The highest BCUT2D eigenvalue weighted by molar-refractivity contribution is 9.10. The van der Waals surface area contributed by atoms with Crippen molar-refractivity contribution in [1.82, 2.24) is 15.1 Å². The fourth-order valence-electron chi connectivity index (χ4n) is 1.63. The molecule has 0 spiro atoms. The smallest absolute Gasteiger partial charge is 0.287 e. The zero-order valence-corrected chi connectivity index (χ0v) is 13.9. The number of hydrogen-bond acceptors (Lipinski definition) is 6. The van der Waals surface area contributed by atoms with E-state index in [2.05, 4.69) is 31.1 Å². The van der Waals surface area contributed by atoms with Crippen LogP contribution in [0.2, 0.25) is 5.02 Å². The largest absolute Gasteiger partial charge is 0.481 e. The van der Waals surface area contributed by atoms with Crippen molar-refractivity contribution in [3.63, 3.8) is 0 Å². The number of hydrogen-bond donors (Lipinski definition) is 0. The Bertz CT molecular complexity index is 748. The van der Waals surface area contributed by atoms with E-state index in [9.17, 15) is 0 Å². The summed E-state index contributed by atoms with van der Waals surface area (Å²) in [4.78, 5) is 8.41. The van der Waals surface area contributed by atoms with Crippen LogP contribution in [0.1, 0.15) is 18.9 Å². The molecule has 0 saturated carbocycles. The van der Waals surface area contributed by atoms with Crippen LogP contribution in [0, 0.1) is 0 Å². The predicted molar refractivity (Wildman–Crippen MR) is 83.6 cm³/mol. The number of halogens is 2. The summed E-state index contributed by atoms with van der Waals surface area (Å²) in [6.45, 7) is 1.83. The van der Waals surface area contributed by atoms with Crippen LogP contribution < -0.4 is 4.74 Å². The fraction of sp³-hybridized carbons (Fsp3) is 0.154. The van der Waals surface area contributed by atoms with E-state index >= 15 is 0 Å². The second kappa shape index (κ2) is 6.13. The van der Waals surface area contributed by atoms with Crippen molar-refractivity contribution in [3.05, 3.63) is 45.1 Å². The summed E-state index contributed by atoms with van der Waals surface area (Å²) in [6.07, 6.45) is 1.30. The summed E-state index contributed by atoms with van der Waals surface area (Å²) < 4.78 is 11.8. The molecule has 3 aromatic rings. The molecule has 1 unspecified atom stereocenters. The third-order valence-corrected chi connectivity index (χ3v) is 4.17. The average molecular weight is 387 g/mol. The molecule has 0 aliphatic rings. The van der Waals surface area contributed by atoms with Crippen LogP contribution in [-0.4, -0.2) is 15.1 Å². The van der Waals surface area contributed by atoms with Gasteiger partial charge in [-0.3, -0.25) is 0 Å². The van der Waals surface area contributed by atoms with Crippen molar-refractivity contribution < 1.29 is 9.26 Å². The highest BCUT2D eigenvalue weighted by Gasteiger charge is 2.18. The Kier molecular flexibility index (Phi) is 4.23. The van der Waals surface area contributed by atoms with Gasteiger partial charge in [0.2, 0.25) is 5.82 Å². The number of nitrogens with zero attached hydrogens (tertiary/aromatic N) is 3. The molecule has 21 heavy (non-hydrogen) atoms. The van der Waals surface area contributed by atoms with E-state index in [0.717, 1.165) is 4.47 Å². The van der Waals surface area contributed by atoms with Crippen molar-refractivity contribution in [3.8, 4) is 16.6 Å². The Hall–Kier alpha value is -1.44. The molecule has 3 rings (SSSR count). The van der Waals surface area contributed by atoms with E-state index in [1.165, 1.54) is 11.3 Å². The summed E-state index contributed by atoms with van der Waals surface area (Å²) in [7, 11) is 0. The number of aromatic nitrogens is 3. The van der Waals surface area contributed by atoms with Gasteiger partial charge in [-0.2, -0.15) is 4.98 Å². The van der Waals surface area contributed by atoms with E-state index in [0.29, 0.717) is 27.5 Å². The normalized spacial score (nSPS) is 12.3. The minimum atomic E-state index is -0.388. The molecule has 1 aromatic carbocycles. The van der Waals surface area contributed by atoms with Crippen LogP contribution >= 0.6 is 38.9 Å². The zero-order chi connectivity index (χ0) is 14.8. The van der Waals surface area contributed by atoms with E-state index in [1.54, 1.807) is 18.3 Å². The van der Waals surface area contributed by atoms with Gasteiger partial charge in [0.1, 0.15) is 5.75 Å². The minimum Gasteiger partial charge on any atom is -0.481 e. The lowest BCUT2D eigenvalue weighted by atomic mass is 10.3. The molecular weight excluding hydrogens is 378 g/mol. The fourth-order valence-corrected chi connectivity index (χ4v) is 2.90. The molecule has 8 heteroatoms. The van der Waals surface area contributed by atoms with Crippen molar-refractivity contribution in [1.29, 1.82) is 0 Å². The predicted octanol–water partition coefficient (Wildman–Crippen LogP) is 4.75. The second-order valence-electron chi connectivity index (χ2n) is 4.13. The first-order valence-electron chi connectivity index (χ1n) is 5.98. The second-order valence-corrected chi connectivity index (χ2v) is 6.35. The standard InChI is InChI=1S/C13H9BrClN3O2S/c1-7(19-10-3-2-8(14)6-9(10)15)11-17-12(20-18-11)13-16-4-5-21-13/h2-7H,1H3. The maximum absolute atomic E-state index is 6.12. The van der Waals surface area contributed by atoms with E-state index in [1.807, 2.05) is 18.4 Å². The van der Waals surface area contributed by atoms with Crippen LogP contribution in [0.5, 0.6) is 5.75 Å². The van der Waals surface area contributed by atoms with Crippen molar-refractivity contribution in [2.75, 3.05) is 0 Å². The SMILES string of the molecule is CC(Oc1ccc(Br)cc1Cl)c1noc(-c2nccs2)n1. The van der Waals surface area contributed by atoms with Crippen molar-refractivity contribution in [2.24, 2.45) is 0 Å². The van der Waals surface area contributed by atoms with Gasteiger partial charge in [0, 0.05) is 16.0 Å². The Labute approximate surface area is 138 Å². The molecule has 0 bridgehead atoms. The van der Waals surface area contributed by atoms with E-state index in [-0.39, 0.29) is 6.10 Å². The first kappa shape index (κ1) is 14.5. The third-order valence-electron chi connectivity index (χ3n) is 2.62. The van der Waals surface area contributed by atoms with Crippen LogP contribution in [0.3, 0.4) is 0 Å². The highest BCUT2D eigenvalue weighted by atomic mass is 79.9. The van der Waals surface area contributed by atoms with Crippen molar-refractivity contribution in [2.45, 2.75) is 13.0 Å². The molecule has 2 heterocycles.